The average Bonchev–Trinajstić information content (AvgIpc) is 2.55. The fourth-order valence-corrected chi connectivity index (χ4v) is 3.32. The van der Waals surface area contributed by atoms with Crippen LogP contribution < -0.4 is 16.4 Å². The monoisotopic (exact) mass is 355 g/mol. The largest absolute Gasteiger partial charge is 0.399 e. The van der Waals surface area contributed by atoms with Gasteiger partial charge in [-0.15, -0.1) is 0 Å². The molecule has 3 rings (SSSR count). The molecule has 6 heteroatoms. The third-order valence-corrected chi connectivity index (χ3v) is 4.60. The summed E-state index contributed by atoms with van der Waals surface area (Å²) in [5.41, 5.74) is 8.08. The van der Waals surface area contributed by atoms with Crippen molar-refractivity contribution in [1.82, 2.24) is 10.6 Å². The SMILES string of the molecule is CC1=C(c2ccc(N)cc2F)C=CC2C=C(C(=O)NC(C)C)C(=O)NC12. The van der Waals surface area contributed by atoms with Crippen LogP contribution in [0.1, 0.15) is 26.3 Å². The second-order valence-electron chi connectivity index (χ2n) is 6.93. The molecular weight excluding hydrogens is 333 g/mol. The second kappa shape index (κ2) is 6.78. The van der Waals surface area contributed by atoms with Crippen molar-refractivity contribution in [3.8, 4) is 0 Å². The van der Waals surface area contributed by atoms with E-state index in [1.54, 1.807) is 18.2 Å². The number of amides is 2. The number of carbonyl (C=O) groups is 2. The molecule has 136 valence electrons. The lowest BCUT2D eigenvalue weighted by Gasteiger charge is -2.33. The molecular formula is C20H22FN3O2. The van der Waals surface area contributed by atoms with Gasteiger partial charge in [0.1, 0.15) is 11.4 Å². The van der Waals surface area contributed by atoms with Crippen LogP contribution in [0.5, 0.6) is 0 Å². The summed E-state index contributed by atoms with van der Waals surface area (Å²) >= 11 is 0. The molecule has 1 aliphatic carbocycles. The third-order valence-electron chi connectivity index (χ3n) is 4.60. The van der Waals surface area contributed by atoms with Crippen LogP contribution in [-0.2, 0) is 9.59 Å². The molecule has 4 N–H and O–H groups in total. The molecule has 0 saturated heterocycles. The van der Waals surface area contributed by atoms with Gasteiger partial charge in [-0.25, -0.2) is 4.39 Å². The van der Waals surface area contributed by atoms with E-state index in [4.69, 9.17) is 5.73 Å². The molecule has 1 aromatic rings. The topological polar surface area (TPSA) is 84.2 Å². The summed E-state index contributed by atoms with van der Waals surface area (Å²) in [6.07, 6.45) is 5.39. The van der Waals surface area contributed by atoms with Crippen LogP contribution >= 0.6 is 0 Å². The first kappa shape index (κ1) is 17.9. The minimum Gasteiger partial charge on any atom is -0.399 e. The van der Waals surface area contributed by atoms with Crippen molar-refractivity contribution in [2.24, 2.45) is 5.92 Å². The number of hydrogen-bond donors (Lipinski definition) is 3. The molecule has 1 aromatic carbocycles. The summed E-state index contributed by atoms with van der Waals surface area (Å²) in [5, 5.41) is 5.61. The maximum absolute atomic E-state index is 14.3. The smallest absolute Gasteiger partial charge is 0.257 e. The van der Waals surface area contributed by atoms with Crippen molar-refractivity contribution < 1.29 is 14.0 Å². The highest BCUT2D eigenvalue weighted by Gasteiger charge is 2.34. The quantitative estimate of drug-likeness (QED) is 0.575. The van der Waals surface area contributed by atoms with E-state index in [1.165, 1.54) is 6.07 Å². The first-order valence-corrected chi connectivity index (χ1v) is 8.56. The highest BCUT2D eigenvalue weighted by atomic mass is 19.1. The number of halogens is 1. The molecule has 2 unspecified atom stereocenters. The molecule has 2 amide bonds. The minimum absolute atomic E-state index is 0.0578. The number of nitrogens with two attached hydrogens (primary N) is 1. The normalized spacial score (nSPS) is 22.0. The zero-order valence-corrected chi connectivity index (χ0v) is 15.0. The molecule has 1 heterocycles. The van der Waals surface area contributed by atoms with Gasteiger partial charge in [0.25, 0.3) is 11.8 Å². The van der Waals surface area contributed by atoms with Crippen molar-refractivity contribution in [3.05, 3.63) is 59.0 Å². The average molecular weight is 355 g/mol. The molecule has 5 nitrogen and oxygen atoms in total. The van der Waals surface area contributed by atoms with E-state index in [0.29, 0.717) is 16.8 Å². The van der Waals surface area contributed by atoms with E-state index in [1.807, 2.05) is 32.9 Å². The van der Waals surface area contributed by atoms with Crippen molar-refractivity contribution in [2.45, 2.75) is 32.9 Å². The minimum atomic E-state index is -0.420. The lowest BCUT2D eigenvalue weighted by molar-refractivity contribution is -0.124. The number of carbonyl (C=O) groups excluding carboxylic acids is 2. The summed E-state index contributed by atoms with van der Waals surface area (Å²) in [4.78, 5) is 24.6. The molecule has 26 heavy (non-hydrogen) atoms. The molecule has 0 radical (unpaired) electrons. The Balaban J connectivity index is 1.94. The molecule has 0 saturated carbocycles. The number of rotatable bonds is 3. The van der Waals surface area contributed by atoms with Crippen LogP contribution in [0, 0.1) is 11.7 Å². The van der Waals surface area contributed by atoms with Gasteiger partial charge in [0.05, 0.1) is 6.04 Å². The Morgan fingerprint density at radius 3 is 2.73 bits per heavy atom. The predicted octanol–water partition coefficient (Wildman–Crippen LogP) is 2.32. The molecule has 0 aromatic heterocycles. The van der Waals surface area contributed by atoms with Gasteiger partial charge >= 0.3 is 0 Å². The predicted molar refractivity (Wildman–Crippen MR) is 99.3 cm³/mol. The van der Waals surface area contributed by atoms with Gasteiger partial charge in [-0.05, 0) is 50.1 Å². The maximum Gasteiger partial charge on any atom is 0.257 e. The van der Waals surface area contributed by atoms with Crippen LogP contribution in [-0.4, -0.2) is 23.9 Å². The molecule has 2 atom stereocenters. The van der Waals surface area contributed by atoms with Crippen LogP contribution in [0.15, 0.2) is 47.6 Å². The number of allylic oxidation sites excluding steroid dienone is 2. The fraction of sp³-hybridized carbons (Fsp3) is 0.300. The summed E-state index contributed by atoms with van der Waals surface area (Å²) in [6.45, 7) is 5.53. The van der Waals surface area contributed by atoms with E-state index in [0.717, 1.165) is 5.57 Å². The fourth-order valence-electron chi connectivity index (χ4n) is 3.32. The van der Waals surface area contributed by atoms with Gasteiger partial charge in [0.2, 0.25) is 0 Å². The highest BCUT2D eigenvalue weighted by Crippen LogP contribution is 2.34. The van der Waals surface area contributed by atoms with E-state index in [9.17, 15) is 14.0 Å². The Bertz CT molecular complexity index is 868. The van der Waals surface area contributed by atoms with Gasteiger partial charge < -0.3 is 16.4 Å². The molecule has 0 fully saturated rings. The summed E-state index contributed by atoms with van der Waals surface area (Å²) < 4.78 is 14.3. The first-order chi connectivity index (χ1) is 12.3. The molecule has 0 spiro atoms. The summed E-state index contributed by atoms with van der Waals surface area (Å²) in [6, 6.07) is 4.19. The van der Waals surface area contributed by atoms with Gasteiger partial charge in [0.15, 0.2) is 0 Å². The van der Waals surface area contributed by atoms with Gasteiger partial charge in [-0.2, -0.15) is 0 Å². The van der Waals surface area contributed by atoms with Gasteiger partial charge in [0, 0.05) is 23.2 Å². The van der Waals surface area contributed by atoms with E-state index in [2.05, 4.69) is 10.6 Å². The van der Waals surface area contributed by atoms with Crippen LogP contribution in [0.2, 0.25) is 0 Å². The Hall–Kier alpha value is -2.89. The number of benzene rings is 1. The number of hydrogen-bond acceptors (Lipinski definition) is 3. The van der Waals surface area contributed by atoms with Crippen LogP contribution in [0.3, 0.4) is 0 Å². The summed E-state index contributed by atoms with van der Waals surface area (Å²) in [7, 11) is 0. The molecule has 1 aliphatic heterocycles. The first-order valence-electron chi connectivity index (χ1n) is 8.56. The Kier molecular flexibility index (Phi) is 4.68. The van der Waals surface area contributed by atoms with Crippen molar-refractivity contribution >= 4 is 23.1 Å². The van der Waals surface area contributed by atoms with E-state index < -0.39 is 11.7 Å². The zero-order valence-electron chi connectivity index (χ0n) is 15.0. The lowest BCUT2D eigenvalue weighted by atomic mass is 9.80. The van der Waals surface area contributed by atoms with E-state index in [-0.39, 0.29) is 29.5 Å². The van der Waals surface area contributed by atoms with Gasteiger partial charge in [-0.3, -0.25) is 9.59 Å². The molecule has 0 bridgehead atoms. The lowest BCUT2D eigenvalue weighted by Crippen LogP contribution is -2.49. The number of anilines is 1. The third kappa shape index (κ3) is 3.27. The Morgan fingerprint density at radius 1 is 1.35 bits per heavy atom. The number of nitrogen functional groups attached to an aromatic ring is 1. The second-order valence-corrected chi connectivity index (χ2v) is 6.93. The Morgan fingerprint density at radius 2 is 2.08 bits per heavy atom. The zero-order chi connectivity index (χ0) is 19.0. The standard InChI is InChI=1S/C20H22FN3O2/c1-10(2)23-19(25)16-8-12-4-6-14(11(3)18(12)24-20(16)26)15-7-5-13(22)9-17(15)21/h4-10,12,18H,22H2,1-3H3,(H,23,25)(H,24,26). The van der Waals surface area contributed by atoms with Crippen LogP contribution in [0.4, 0.5) is 10.1 Å². The number of nitrogens with one attached hydrogen (secondary N) is 2. The van der Waals surface area contributed by atoms with Crippen LogP contribution in [0.25, 0.3) is 5.57 Å². The number of fused-ring (bicyclic) bond motifs is 1. The van der Waals surface area contributed by atoms with Crippen molar-refractivity contribution in [2.75, 3.05) is 5.73 Å². The van der Waals surface area contributed by atoms with E-state index >= 15 is 0 Å². The van der Waals surface area contributed by atoms with Gasteiger partial charge in [-0.1, -0.05) is 18.2 Å². The summed E-state index contributed by atoms with van der Waals surface area (Å²) in [5.74, 6) is -1.36. The van der Waals surface area contributed by atoms with Crippen molar-refractivity contribution in [1.29, 1.82) is 0 Å². The Labute approximate surface area is 151 Å². The molecule has 2 aliphatic rings. The highest BCUT2D eigenvalue weighted by molar-refractivity contribution is 6.19. The maximum atomic E-state index is 14.3. The van der Waals surface area contributed by atoms with Crippen molar-refractivity contribution in [3.63, 3.8) is 0 Å².